The van der Waals surface area contributed by atoms with Crippen molar-refractivity contribution in [3.05, 3.63) is 116 Å². The summed E-state index contributed by atoms with van der Waals surface area (Å²) in [7, 11) is 0. The Morgan fingerprint density at radius 2 is 1.05 bits per heavy atom. The van der Waals surface area contributed by atoms with Gasteiger partial charge in [-0.1, -0.05) is 0 Å². The van der Waals surface area contributed by atoms with E-state index in [-0.39, 0.29) is 23.3 Å². The van der Waals surface area contributed by atoms with E-state index in [0.29, 0.717) is 0 Å². The molecule has 0 saturated carbocycles. The average Bonchev–Trinajstić information content (AvgIpc) is 4.01. The third-order valence-electron chi connectivity index (χ3n) is 9.43. The number of rotatable bonds is 4. The Kier molecular flexibility index (Phi) is 11.1. The molecule has 58 heavy (non-hydrogen) atoms. The average molecular weight is 778 g/mol. The lowest BCUT2D eigenvalue weighted by Crippen LogP contribution is -2.22. The maximum absolute atomic E-state index is 5.58. The molecule has 7 aromatic heterocycles. The predicted octanol–water partition coefficient (Wildman–Crippen LogP) is 11.9. The summed E-state index contributed by atoms with van der Waals surface area (Å²) in [5.74, 6) is 1.87. The number of H-pyrrole nitrogens is 4. The van der Waals surface area contributed by atoms with Crippen molar-refractivity contribution in [2.24, 2.45) is 0 Å². The van der Waals surface area contributed by atoms with Crippen molar-refractivity contribution < 1.29 is 9.47 Å². The summed E-state index contributed by atoms with van der Waals surface area (Å²) in [6.45, 7) is 21.2. The van der Waals surface area contributed by atoms with Gasteiger partial charge in [0.15, 0.2) is 5.65 Å². The van der Waals surface area contributed by atoms with Crippen LogP contribution in [-0.2, 0) is 11.1 Å². The maximum Gasteiger partial charge on any atom is 0.160 e. The van der Waals surface area contributed by atoms with Crippen molar-refractivity contribution in [1.29, 1.82) is 0 Å². The van der Waals surface area contributed by atoms with Crippen LogP contribution in [0.15, 0.2) is 116 Å². The monoisotopic (exact) mass is 777 g/mol. The second-order valence-corrected chi connectivity index (χ2v) is 17.0. The molecular formula is C47H55N9O2. The molecule has 0 spiro atoms. The molecule has 0 aliphatic heterocycles. The van der Waals surface area contributed by atoms with E-state index in [0.717, 1.165) is 50.1 Å². The first-order valence-corrected chi connectivity index (χ1v) is 19.9. The first-order chi connectivity index (χ1) is 27.6. The van der Waals surface area contributed by atoms with E-state index in [4.69, 9.17) is 9.47 Å². The lowest BCUT2D eigenvalue weighted by molar-refractivity contribution is 0.242. The quantitative estimate of drug-likeness (QED) is 0.141. The summed E-state index contributed by atoms with van der Waals surface area (Å²) in [6.07, 6.45) is 11.9. The van der Waals surface area contributed by atoms with Crippen LogP contribution < -0.4 is 9.47 Å². The molecule has 0 aliphatic rings. The molecule has 10 rings (SSSR count). The number of aromatic amines is 4. The number of hydrogen-bond donors (Lipinski definition) is 4. The van der Waals surface area contributed by atoms with Gasteiger partial charge in [0.2, 0.25) is 0 Å². The first kappa shape index (κ1) is 39.7. The molecule has 7 heterocycles. The zero-order valence-electron chi connectivity index (χ0n) is 35.2. The van der Waals surface area contributed by atoms with Crippen molar-refractivity contribution in [2.45, 2.75) is 92.5 Å². The van der Waals surface area contributed by atoms with Gasteiger partial charge < -0.3 is 29.6 Å². The number of fused-ring (bicyclic) bond motifs is 6. The Morgan fingerprint density at radius 1 is 0.517 bits per heavy atom. The minimum absolute atomic E-state index is 0.0249. The van der Waals surface area contributed by atoms with E-state index in [9.17, 15) is 0 Å². The van der Waals surface area contributed by atoms with Crippen molar-refractivity contribution in [2.75, 3.05) is 0 Å². The summed E-state index contributed by atoms with van der Waals surface area (Å²) in [5.41, 5.74) is 7.57. The van der Waals surface area contributed by atoms with Crippen molar-refractivity contribution >= 4 is 65.7 Å². The van der Waals surface area contributed by atoms with Crippen molar-refractivity contribution in [3.8, 4) is 11.5 Å². The highest BCUT2D eigenvalue weighted by Gasteiger charge is 2.18. The third kappa shape index (κ3) is 9.04. The number of pyridine rings is 1. The Morgan fingerprint density at radius 3 is 1.64 bits per heavy atom. The SMILES string of the molecule is CC(C)(C)n1[nH]cc2cc3nccc3cc21.CC(C)(C)n1[nH]cc2nc3nccc3cc21.CC(C)Oc1ccc2[nH]ccc2c1.CC(C)Oc1ccc2[nH]ccc2c1. The molecule has 0 radical (unpaired) electrons. The van der Waals surface area contributed by atoms with Crippen LogP contribution >= 0.6 is 0 Å². The minimum atomic E-state index is 0.0249. The largest absolute Gasteiger partial charge is 0.491 e. The summed E-state index contributed by atoms with van der Waals surface area (Å²) in [5, 5.41) is 12.4. The zero-order valence-corrected chi connectivity index (χ0v) is 35.2. The fraction of sp³-hybridized carbons (Fsp3) is 0.298. The van der Waals surface area contributed by atoms with E-state index in [1.165, 1.54) is 27.1 Å². The predicted molar refractivity (Wildman–Crippen MR) is 239 cm³/mol. The first-order valence-electron chi connectivity index (χ1n) is 19.9. The van der Waals surface area contributed by atoms with Crippen LogP contribution in [0.4, 0.5) is 0 Å². The van der Waals surface area contributed by atoms with Crippen molar-refractivity contribution in [1.82, 2.24) is 44.5 Å². The molecule has 0 bridgehead atoms. The van der Waals surface area contributed by atoms with Crippen LogP contribution in [0.1, 0.15) is 69.2 Å². The molecule has 0 aliphatic carbocycles. The minimum Gasteiger partial charge on any atom is -0.491 e. The molecule has 0 fully saturated rings. The Hall–Kier alpha value is -6.49. The summed E-state index contributed by atoms with van der Waals surface area (Å²) in [6, 6.07) is 26.7. The number of ether oxygens (including phenoxy) is 2. The molecule has 11 nitrogen and oxygen atoms in total. The molecule has 11 heteroatoms. The lowest BCUT2D eigenvalue weighted by Gasteiger charge is -2.21. The third-order valence-corrected chi connectivity index (χ3v) is 9.43. The highest BCUT2D eigenvalue weighted by atomic mass is 16.5. The number of aromatic nitrogens is 9. The molecule has 0 saturated heterocycles. The molecule has 0 unspecified atom stereocenters. The van der Waals surface area contributed by atoms with Crippen LogP contribution in [0.25, 0.3) is 65.7 Å². The van der Waals surface area contributed by atoms with Crippen LogP contribution in [0, 0.1) is 0 Å². The normalized spacial score (nSPS) is 11.9. The molecular weight excluding hydrogens is 723 g/mol. The van der Waals surface area contributed by atoms with Gasteiger partial charge in [0, 0.05) is 75.1 Å². The van der Waals surface area contributed by atoms with E-state index < -0.39 is 0 Å². The highest BCUT2D eigenvalue weighted by Crippen LogP contribution is 2.27. The van der Waals surface area contributed by atoms with Gasteiger partial charge in [-0.15, -0.1) is 0 Å². The molecule has 300 valence electrons. The number of hydrogen-bond acceptors (Lipinski definition) is 5. The van der Waals surface area contributed by atoms with Gasteiger partial charge in [0.1, 0.15) is 17.0 Å². The smallest absolute Gasteiger partial charge is 0.160 e. The van der Waals surface area contributed by atoms with E-state index in [1.54, 1.807) is 6.20 Å². The molecule has 4 N–H and O–H groups in total. The van der Waals surface area contributed by atoms with Crippen LogP contribution in [0.5, 0.6) is 11.5 Å². The van der Waals surface area contributed by atoms with Crippen LogP contribution in [0.3, 0.4) is 0 Å². The summed E-state index contributed by atoms with van der Waals surface area (Å²) in [4.78, 5) is 19.3. The molecule has 0 amide bonds. The van der Waals surface area contributed by atoms with Gasteiger partial charge in [-0.05, 0) is 148 Å². The second kappa shape index (κ2) is 16.2. The fourth-order valence-corrected chi connectivity index (χ4v) is 6.85. The molecule has 0 atom stereocenters. The Labute approximate surface area is 338 Å². The van der Waals surface area contributed by atoms with E-state index in [2.05, 4.69) is 110 Å². The van der Waals surface area contributed by atoms with Gasteiger partial charge >= 0.3 is 0 Å². The maximum atomic E-state index is 5.58. The highest BCUT2D eigenvalue weighted by molar-refractivity contribution is 5.95. The number of nitrogens with one attached hydrogen (secondary N) is 4. The van der Waals surface area contributed by atoms with Crippen LogP contribution in [-0.4, -0.2) is 56.7 Å². The second-order valence-electron chi connectivity index (χ2n) is 17.0. The topological polar surface area (TPSA) is 130 Å². The van der Waals surface area contributed by atoms with Gasteiger partial charge in [-0.2, -0.15) is 0 Å². The Bertz CT molecular complexity index is 2700. The summed E-state index contributed by atoms with van der Waals surface area (Å²) < 4.78 is 15.5. The van der Waals surface area contributed by atoms with Crippen LogP contribution in [0.2, 0.25) is 0 Å². The fourth-order valence-electron chi connectivity index (χ4n) is 6.85. The van der Waals surface area contributed by atoms with E-state index in [1.807, 2.05) is 113 Å². The molecule has 10 aromatic rings. The molecule has 3 aromatic carbocycles. The van der Waals surface area contributed by atoms with Gasteiger partial charge in [0.05, 0.1) is 39.8 Å². The van der Waals surface area contributed by atoms with Gasteiger partial charge in [0.25, 0.3) is 0 Å². The Balaban J connectivity index is 0.000000118. The number of benzene rings is 3. The lowest BCUT2D eigenvalue weighted by atomic mass is 10.1. The van der Waals surface area contributed by atoms with Gasteiger partial charge in [-0.3, -0.25) is 14.3 Å². The zero-order chi connectivity index (χ0) is 41.2. The number of nitrogens with zero attached hydrogens (tertiary/aromatic N) is 5. The van der Waals surface area contributed by atoms with E-state index >= 15 is 0 Å². The van der Waals surface area contributed by atoms with Gasteiger partial charge in [-0.25, -0.2) is 9.97 Å². The standard InChI is InChI=1S/C13H15N3.C12H14N4.2C11H13NO/c1-13(2,3)16-12-7-9-4-5-14-11(9)6-10(12)8-15-16;1-12(2,3)16-10-6-8-4-5-13-11(8)15-9(10)7-14-16;2*1-8(2)13-10-3-4-11-9(7-10)5-6-12-11/h4-8,15H,1-3H3;4-7,14H,1-3H3;2*3-8,12H,1-2H3. The van der Waals surface area contributed by atoms with Crippen molar-refractivity contribution in [3.63, 3.8) is 0 Å². The summed E-state index contributed by atoms with van der Waals surface area (Å²) >= 11 is 0.